The van der Waals surface area contributed by atoms with Crippen molar-refractivity contribution in [2.75, 3.05) is 26.1 Å². The Hall–Kier alpha value is -2.91. The van der Waals surface area contributed by atoms with Crippen molar-refractivity contribution < 1.29 is 27.5 Å². The number of rotatable bonds is 7. The molecule has 2 aromatic rings. The summed E-state index contributed by atoms with van der Waals surface area (Å²) in [4.78, 5) is 23.8. The molecule has 0 fully saturated rings. The fourth-order valence-electron chi connectivity index (χ4n) is 2.34. The van der Waals surface area contributed by atoms with Crippen LogP contribution in [0.25, 0.3) is 0 Å². The molecule has 27 heavy (non-hydrogen) atoms. The van der Waals surface area contributed by atoms with Crippen molar-refractivity contribution in [1.29, 1.82) is 0 Å². The minimum atomic E-state index is -3.88. The number of anilines is 1. The van der Waals surface area contributed by atoms with Gasteiger partial charge in [0.25, 0.3) is 0 Å². The van der Waals surface area contributed by atoms with Crippen molar-refractivity contribution in [2.24, 2.45) is 0 Å². The number of methoxy groups -OCH3 is 2. The van der Waals surface area contributed by atoms with E-state index in [9.17, 15) is 18.0 Å². The van der Waals surface area contributed by atoms with Crippen molar-refractivity contribution in [3.8, 4) is 5.75 Å². The minimum absolute atomic E-state index is 0.0172. The molecule has 144 valence electrons. The lowest BCUT2D eigenvalue weighted by molar-refractivity contribution is -0.115. The number of benzene rings is 2. The summed E-state index contributed by atoms with van der Waals surface area (Å²) in [5, 5.41) is 2.49. The van der Waals surface area contributed by atoms with Gasteiger partial charge in [0.2, 0.25) is 15.9 Å². The van der Waals surface area contributed by atoms with Crippen molar-refractivity contribution in [3.63, 3.8) is 0 Å². The van der Waals surface area contributed by atoms with Crippen molar-refractivity contribution >= 4 is 27.6 Å². The van der Waals surface area contributed by atoms with Crippen LogP contribution in [0.3, 0.4) is 0 Å². The van der Waals surface area contributed by atoms with E-state index in [0.717, 1.165) is 0 Å². The maximum absolute atomic E-state index is 12.4. The highest BCUT2D eigenvalue weighted by Crippen LogP contribution is 2.21. The zero-order valence-corrected chi connectivity index (χ0v) is 15.9. The van der Waals surface area contributed by atoms with Gasteiger partial charge in [-0.2, -0.15) is 0 Å². The lowest BCUT2D eigenvalue weighted by Crippen LogP contribution is -2.33. The summed E-state index contributed by atoms with van der Waals surface area (Å²) in [6.07, 6.45) is 0. The summed E-state index contributed by atoms with van der Waals surface area (Å²) in [6, 6.07) is 10.6. The molecule has 0 heterocycles. The number of ether oxygens (including phenoxy) is 2. The van der Waals surface area contributed by atoms with Crippen LogP contribution in [-0.2, 0) is 19.6 Å². The molecule has 0 unspecified atom stereocenters. The minimum Gasteiger partial charge on any atom is -0.496 e. The third-order valence-corrected chi connectivity index (χ3v) is 5.10. The molecule has 9 heteroatoms. The number of hydrogen-bond acceptors (Lipinski definition) is 6. The summed E-state index contributed by atoms with van der Waals surface area (Å²) in [5.41, 5.74) is 1.05. The van der Waals surface area contributed by atoms with Gasteiger partial charge in [0, 0.05) is 0 Å². The van der Waals surface area contributed by atoms with Crippen LogP contribution in [0, 0.1) is 6.92 Å². The van der Waals surface area contributed by atoms with E-state index in [1.54, 1.807) is 19.1 Å². The molecule has 0 radical (unpaired) electrons. The van der Waals surface area contributed by atoms with Crippen molar-refractivity contribution in [3.05, 3.63) is 53.6 Å². The molecule has 8 nitrogen and oxygen atoms in total. The molecule has 0 spiro atoms. The summed E-state index contributed by atoms with van der Waals surface area (Å²) in [6.45, 7) is 1.22. The Balaban J connectivity index is 2.07. The number of aryl methyl sites for hydroxylation is 1. The summed E-state index contributed by atoms with van der Waals surface area (Å²) in [7, 11) is -1.16. The molecule has 0 saturated heterocycles. The van der Waals surface area contributed by atoms with Crippen molar-refractivity contribution in [1.82, 2.24) is 4.72 Å². The average Bonchev–Trinajstić information content (AvgIpc) is 2.66. The maximum Gasteiger partial charge on any atom is 0.339 e. The molecule has 0 aliphatic carbocycles. The Labute approximate surface area is 157 Å². The molecule has 0 aliphatic rings. The summed E-state index contributed by atoms with van der Waals surface area (Å²) >= 11 is 0. The number of sulfonamides is 1. The van der Waals surface area contributed by atoms with Gasteiger partial charge in [0.1, 0.15) is 5.75 Å². The molecule has 1 amide bonds. The predicted octanol–water partition coefficient (Wildman–Crippen LogP) is 1.71. The molecular weight excluding hydrogens is 372 g/mol. The second kappa shape index (κ2) is 8.65. The molecule has 0 bridgehead atoms. The number of carbonyl (C=O) groups is 2. The summed E-state index contributed by atoms with van der Waals surface area (Å²) < 4.78 is 36.7. The van der Waals surface area contributed by atoms with Crippen LogP contribution in [0.4, 0.5) is 5.69 Å². The highest BCUT2D eigenvalue weighted by Gasteiger charge is 2.18. The van der Waals surface area contributed by atoms with Gasteiger partial charge in [-0.1, -0.05) is 12.1 Å². The smallest absolute Gasteiger partial charge is 0.339 e. The Bertz CT molecular complexity index is 956. The number of amides is 1. The van der Waals surface area contributed by atoms with Crippen LogP contribution in [0.15, 0.2) is 47.4 Å². The Kier molecular flexibility index (Phi) is 6.54. The number of nitrogens with one attached hydrogen (secondary N) is 2. The monoisotopic (exact) mass is 392 g/mol. The number of esters is 1. The Morgan fingerprint density at radius 2 is 1.78 bits per heavy atom. The van der Waals surface area contributed by atoms with Gasteiger partial charge in [-0.15, -0.1) is 0 Å². The predicted molar refractivity (Wildman–Crippen MR) is 99.3 cm³/mol. The van der Waals surface area contributed by atoms with E-state index in [1.165, 1.54) is 44.6 Å². The van der Waals surface area contributed by atoms with E-state index in [4.69, 9.17) is 4.74 Å². The molecule has 2 aromatic carbocycles. The normalized spacial score (nSPS) is 10.9. The highest BCUT2D eigenvalue weighted by molar-refractivity contribution is 7.89. The lowest BCUT2D eigenvalue weighted by atomic mass is 10.2. The van der Waals surface area contributed by atoms with Gasteiger partial charge in [-0.05, 0) is 42.8 Å². The Morgan fingerprint density at radius 1 is 1.07 bits per heavy atom. The molecule has 2 rings (SSSR count). The molecule has 0 saturated carbocycles. The molecule has 0 aliphatic heterocycles. The first kappa shape index (κ1) is 20.4. The molecule has 0 atom stereocenters. The molecule has 2 N–H and O–H groups in total. The first-order valence-electron chi connectivity index (χ1n) is 7.90. The van der Waals surface area contributed by atoms with Crippen LogP contribution in [0.1, 0.15) is 15.9 Å². The first-order valence-corrected chi connectivity index (χ1v) is 9.38. The molecular formula is C18H20N2O6S. The largest absolute Gasteiger partial charge is 0.496 e. The van der Waals surface area contributed by atoms with Gasteiger partial charge in [0.05, 0.1) is 36.9 Å². The fraction of sp³-hybridized carbons (Fsp3) is 0.222. The van der Waals surface area contributed by atoms with E-state index in [2.05, 4.69) is 14.8 Å². The number of para-hydroxylation sites is 1. The first-order chi connectivity index (χ1) is 12.8. The quantitative estimate of drug-likeness (QED) is 0.694. The van der Waals surface area contributed by atoms with Crippen LogP contribution < -0.4 is 14.8 Å². The second-order valence-electron chi connectivity index (χ2n) is 5.54. The average molecular weight is 392 g/mol. The van der Waals surface area contributed by atoms with E-state index >= 15 is 0 Å². The van der Waals surface area contributed by atoms with Crippen LogP contribution in [-0.4, -0.2) is 41.1 Å². The Morgan fingerprint density at radius 3 is 2.41 bits per heavy atom. The zero-order chi connectivity index (χ0) is 20.0. The maximum atomic E-state index is 12.4. The van der Waals surface area contributed by atoms with Gasteiger partial charge < -0.3 is 14.8 Å². The number of hydrogen-bond donors (Lipinski definition) is 2. The van der Waals surface area contributed by atoms with E-state index in [-0.39, 0.29) is 16.1 Å². The lowest BCUT2D eigenvalue weighted by Gasteiger charge is -2.11. The fourth-order valence-corrected chi connectivity index (χ4v) is 3.40. The summed E-state index contributed by atoms with van der Waals surface area (Å²) in [5.74, 6) is -0.675. The van der Waals surface area contributed by atoms with Gasteiger partial charge in [-0.3, -0.25) is 4.79 Å². The van der Waals surface area contributed by atoms with E-state index < -0.39 is 28.4 Å². The van der Waals surface area contributed by atoms with E-state index in [0.29, 0.717) is 11.3 Å². The van der Waals surface area contributed by atoms with E-state index in [1.807, 2.05) is 0 Å². The van der Waals surface area contributed by atoms with Crippen LogP contribution in [0.5, 0.6) is 5.75 Å². The van der Waals surface area contributed by atoms with Crippen LogP contribution >= 0.6 is 0 Å². The molecule has 0 aromatic heterocycles. The third kappa shape index (κ3) is 5.05. The zero-order valence-electron chi connectivity index (χ0n) is 15.1. The topological polar surface area (TPSA) is 111 Å². The standard InChI is InChI=1S/C18H20N2O6S/c1-12-10-13(8-9-16(12)25-2)27(23,24)19-11-17(21)20-15-7-5-4-6-14(15)18(22)26-3/h4-10,19H,11H2,1-3H3,(H,20,21). The van der Waals surface area contributed by atoms with Gasteiger partial charge in [0.15, 0.2) is 0 Å². The van der Waals surface area contributed by atoms with Gasteiger partial charge in [-0.25, -0.2) is 17.9 Å². The van der Waals surface area contributed by atoms with Gasteiger partial charge >= 0.3 is 5.97 Å². The van der Waals surface area contributed by atoms with Crippen molar-refractivity contribution in [2.45, 2.75) is 11.8 Å². The van der Waals surface area contributed by atoms with Crippen LogP contribution in [0.2, 0.25) is 0 Å². The second-order valence-corrected chi connectivity index (χ2v) is 7.31. The SMILES string of the molecule is COC(=O)c1ccccc1NC(=O)CNS(=O)(=O)c1ccc(OC)c(C)c1. The number of carbonyl (C=O) groups excluding carboxylic acids is 2. The third-order valence-electron chi connectivity index (χ3n) is 3.71. The highest BCUT2D eigenvalue weighted by atomic mass is 32.2.